The minimum Gasteiger partial charge on any atom is -0.508 e. The summed E-state index contributed by atoms with van der Waals surface area (Å²) in [4.78, 5) is 6.95. The number of phenols is 1. The van der Waals surface area contributed by atoms with E-state index in [0.29, 0.717) is 12.3 Å². The summed E-state index contributed by atoms with van der Waals surface area (Å²) in [6.45, 7) is 5.83. The van der Waals surface area contributed by atoms with Gasteiger partial charge in [-0.15, -0.1) is 0 Å². The number of benzene rings is 1. The summed E-state index contributed by atoms with van der Waals surface area (Å²) in [5, 5.41) is 12.6. The van der Waals surface area contributed by atoms with Crippen LogP contribution in [0.1, 0.15) is 25.3 Å². The summed E-state index contributed by atoms with van der Waals surface area (Å²) in [6, 6.07) is 7.22. The third-order valence-corrected chi connectivity index (χ3v) is 3.09. The van der Waals surface area contributed by atoms with Crippen molar-refractivity contribution < 1.29 is 5.11 Å². The standard InChI is InChI=1S/C14H21N3O/c1-2-15-14(17-9-3-4-10-17)16-11-12-5-7-13(18)8-6-12/h5-8,18H,2-4,9-11H2,1H3,(H,15,16). The van der Waals surface area contributed by atoms with Crippen molar-refractivity contribution in [3.05, 3.63) is 29.8 Å². The lowest BCUT2D eigenvalue weighted by molar-refractivity contribution is 0.475. The maximum atomic E-state index is 9.23. The number of aromatic hydroxyl groups is 1. The molecule has 4 nitrogen and oxygen atoms in total. The zero-order valence-electron chi connectivity index (χ0n) is 10.9. The van der Waals surface area contributed by atoms with Gasteiger partial charge in [0.05, 0.1) is 6.54 Å². The second-order valence-corrected chi connectivity index (χ2v) is 4.53. The molecule has 2 rings (SSSR count). The molecule has 0 aromatic heterocycles. The highest BCUT2D eigenvalue weighted by Crippen LogP contribution is 2.11. The Kier molecular flexibility index (Phi) is 4.45. The number of hydrogen-bond donors (Lipinski definition) is 2. The van der Waals surface area contributed by atoms with Crippen LogP contribution >= 0.6 is 0 Å². The first-order chi connectivity index (χ1) is 8.79. The maximum Gasteiger partial charge on any atom is 0.194 e. The molecule has 1 aliphatic heterocycles. The quantitative estimate of drug-likeness (QED) is 0.634. The van der Waals surface area contributed by atoms with Crippen LogP contribution in [0, 0.1) is 0 Å². The molecule has 18 heavy (non-hydrogen) atoms. The fourth-order valence-corrected chi connectivity index (χ4v) is 2.12. The lowest BCUT2D eigenvalue weighted by Crippen LogP contribution is -2.39. The molecule has 1 heterocycles. The van der Waals surface area contributed by atoms with Crippen molar-refractivity contribution in [3.63, 3.8) is 0 Å². The van der Waals surface area contributed by atoms with E-state index in [1.165, 1.54) is 12.8 Å². The number of phenolic OH excluding ortho intramolecular Hbond substituents is 1. The Morgan fingerprint density at radius 3 is 2.56 bits per heavy atom. The number of nitrogens with one attached hydrogen (secondary N) is 1. The van der Waals surface area contributed by atoms with Crippen molar-refractivity contribution in [2.45, 2.75) is 26.3 Å². The predicted molar refractivity (Wildman–Crippen MR) is 73.7 cm³/mol. The Hall–Kier alpha value is -1.71. The molecule has 0 spiro atoms. The number of guanidine groups is 1. The maximum absolute atomic E-state index is 9.23. The monoisotopic (exact) mass is 247 g/mol. The van der Waals surface area contributed by atoms with E-state index in [2.05, 4.69) is 22.1 Å². The molecule has 98 valence electrons. The molecule has 0 atom stereocenters. The minimum absolute atomic E-state index is 0.300. The number of nitrogens with zero attached hydrogens (tertiary/aromatic N) is 2. The van der Waals surface area contributed by atoms with Crippen LogP contribution in [-0.2, 0) is 6.54 Å². The van der Waals surface area contributed by atoms with Crippen molar-refractivity contribution in [1.82, 2.24) is 10.2 Å². The molecule has 4 heteroatoms. The van der Waals surface area contributed by atoms with Gasteiger partial charge in [0.25, 0.3) is 0 Å². The summed E-state index contributed by atoms with van der Waals surface area (Å²) >= 11 is 0. The second kappa shape index (κ2) is 6.28. The average Bonchev–Trinajstić information content (AvgIpc) is 2.90. The Bertz CT molecular complexity index is 394. The van der Waals surface area contributed by atoms with Crippen LogP contribution in [0.2, 0.25) is 0 Å². The third kappa shape index (κ3) is 3.39. The molecule has 0 bridgehead atoms. The first-order valence-electron chi connectivity index (χ1n) is 6.61. The molecule has 1 fully saturated rings. The number of rotatable bonds is 3. The third-order valence-electron chi connectivity index (χ3n) is 3.09. The van der Waals surface area contributed by atoms with Gasteiger partial charge in [0, 0.05) is 19.6 Å². The molecule has 1 aromatic carbocycles. The summed E-state index contributed by atoms with van der Waals surface area (Å²) in [7, 11) is 0. The minimum atomic E-state index is 0.300. The summed E-state index contributed by atoms with van der Waals surface area (Å²) < 4.78 is 0. The van der Waals surface area contributed by atoms with Gasteiger partial charge in [0.2, 0.25) is 0 Å². The van der Waals surface area contributed by atoms with E-state index >= 15 is 0 Å². The van der Waals surface area contributed by atoms with Gasteiger partial charge >= 0.3 is 0 Å². The topological polar surface area (TPSA) is 47.9 Å². The van der Waals surface area contributed by atoms with Crippen molar-refractivity contribution in [2.75, 3.05) is 19.6 Å². The van der Waals surface area contributed by atoms with Crippen molar-refractivity contribution in [1.29, 1.82) is 0 Å². The summed E-state index contributed by atoms with van der Waals surface area (Å²) in [5.74, 6) is 1.30. The van der Waals surface area contributed by atoms with E-state index in [9.17, 15) is 5.11 Å². The highest BCUT2D eigenvalue weighted by Gasteiger charge is 2.15. The first-order valence-corrected chi connectivity index (χ1v) is 6.61. The highest BCUT2D eigenvalue weighted by molar-refractivity contribution is 5.80. The van der Waals surface area contributed by atoms with Gasteiger partial charge in [0.1, 0.15) is 5.75 Å². The molecule has 1 aliphatic rings. The van der Waals surface area contributed by atoms with Crippen molar-refractivity contribution in [3.8, 4) is 5.75 Å². The molecule has 0 unspecified atom stereocenters. The molecule has 0 radical (unpaired) electrons. The van der Waals surface area contributed by atoms with E-state index in [1.54, 1.807) is 12.1 Å². The second-order valence-electron chi connectivity index (χ2n) is 4.53. The van der Waals surface area contributed by atoms with Crippen LogP contribution in [-0.4, -0.2) is 35.6 Å². The van der Waals surface area contributed by atoms with E-state index in [0.717, 1.165) is 31.2 Å². The predicted octanol–water partition coefficient (Wildman–Crippen LogP) is 1.95. The Morgan fingerprint density at radius 2 is 1.94 bits per heavy atom. The van der Waals surface area contributed by atoms with Gasteiger partial charge in [-0.1, -0.05) is 12.1 Å². The summed E-state index contributed by atoms with van der Waals surface area (Å²) in [5.41, 5.74) is 1.11. The van der Waals surface area contributed by atoms with E-state index < -0.39 is 0 Å². The number of hydrogen-bond acceptors (Lipinski definition) is 2. The van der Waals surface area contributed by atoms with E-state index in [4.69, 9.17) is 0 Å². The van der Waals surface area contributed by atoms with Gasteiger partial charge in [-0.2, -0.15) is 0 Å². The van der Waals surface area contributed by atoms with Gasteiger partial charge < -0.3 is 15.3 Å². The highest BCUT2D eigenvalue weighted by atomic mass is 16.3. The van der Waals surface area contributed by atoms with Crippen LogP contribution in [0.3, 0.4) is 0 Å². The SMILES string of the molecule is CCNC(=NCc1ccc(O)cc1)N1CCCC1. The molecule has 1 saturated heterocycles. The van der Waals surface area contributed by atoms with Crippen LogP contribution < -0.4 is 5.32 Å². The molecule has 2 N–H and O–H groups in total. The molecule has 0 saturated carbocycles. The smallest absolute Gasteiger partial charge is 0.194 e. The summed E-state index contributed by atoms with van der Waals surface area (Å²) in [6.07, 6.45) is 2.51. The van der Waals surface area contributed by atoms with Gasteiger partial charge in [-0.05, 0) is 37.5 Å². The fraction of sp³-hybridized carbons (Fsp3) is 0.500. The van der Waals surface area contributed by atoms with Crippen LogP contribution in [0.15, 0.2) is 29.3 Å². The van der Waals surface area contributed by atoms with Crippen LogP contribution in [0.4, 0.5) is 0 Å². The molecule has 0 aliphatic carbocycles. The Labute approximate surface area is 108 Å². The molecule has 1 aromatic rings. The van der Waals surface area contributed by atoms with Crippen LogP contribution in [0.25, 0.3) is 0 Å². The lowest BCUT2D eigenvalue weighted by atomic mass is 10.2. The fourth-order valence-electron chi connectivity index (χ4n) is 2.12. The van der Waals surface area contributed by atoms with E-state index in [1.807, 2.05) is 12.1 Å². The Morgan fingerprint density at radius 1 is 1.28 bits per heavy atom. The van der Waals surface area contributed by atoms with Crippen LogP contribution in [0.5, 0.6) is 5.75 Å². The molecular formula is C14H21N3O. The van der Waals surface area contributed by atoms with Gasteiger partial charge in [-0.3, -0.25) is 0 Å². The lowest BCUT2D eigenvalue weighted by Gasteiger charge is -2.20. The van der Waals surface area contributed by atoms with Gasteiger partial charge in [-0.25, -0.2) is 4.99 Å². The number of aliphatic imine (C=N–C) groups is 1. The average molecular weight is 247 g/mol. The largest absolute Gasteiger partial charge is 0.508 e. The zero-order valence-corrected chi connectivity index (χ0v) is 10.9. The Balaban J connectivity index is 2.00. The molecular weight excluding hydrogens is 226 g/mol. The molecule has 0 amide bonds. The zero-order chi connectivity index (χ0) is 12.8. The first kappa shape index (κ1) is 12.7. The van der Waals surface area contributed by atoms with E-state index in [-0.39, 0.29) is 0 Å². The number of likely N-dealkylation sites (tertiary alicyclic amines) is 1. The van der Waals surface area contributed by atoms with Gasteiger partial charge in [0.15, 0.2) is 5.96 Å². The normalized spacial score (nSPS) is 16.1. The van der Waals surface area contributed by atoms with Crippen molar-refractivity contribution in [2.24, 2.45) is 4.99 Å². The van der Waals surface area contributed by atoms with Crippen molar-refractivity contribution >= 4 is 5.96 Å².